The molecule has 0 aliphatic carbocycles. The van der Waals surface area contributed by atoms with Crippen LogP contribution in [0.4, 0.5) is 0 Å². The summed E-state index contributed by atoms with van der Waals surface area (Å²) in [6, 6.07) is 8.11. The molecule has 0 saturated heterocycles. The second-order valence-corrected chi connectivity index (χ2v) is 6.78. The Labute approximate surface area is 112 Å². The van der Waals surface area contributed by atoms with Crippen molar-refractivity contribution in [2.24, 2.45) is 11.3 Å². The van der Waals surface area contributed by atoms with E-state index in [1.54, 1.807) is 0 Å². The van der Waals surface area contributed by atoms with Gasteiger partial charge in [0.15, 0.2) is 5.78 Å². The molecule has 0 aliphatic rings. The first-order valence-corrected chi connectivity index (χ1v) is 6.90. The van der Waals surface area contributed by atoms with Crippen LogP contribution < -0.4 is 0 Å². The van der Waals surface area contributed by atoms with E-state index in [2.05, 4.69) is 46.8 Å². The second kappa shape index (κ2) is 6.17. The number of carbonyl (C=O) groups excluding carboxylic acids is 1. The minimum atomic E-state index is 0.227. The number of hydrogen-bond donors (Lipinski definition) is 0. The van der Waals surface area contributed by atoms with E-state index in [1.807, 2.05) is 12.1 Å². The van der Waals surface area contributed by atoms with Crippen LogP contribution in [0.2, 0.25) is 0 Å². The lowest BCUT2D eigenvalue weighted by atomic mass is 9.88. The van der Waals surface area contributed by atoms with E-state index >= 15 is 0 Å². The summed E-state index contributed by atoms with van der Waals surface area (Å²) in [5.74, 6) is 0.903. The second-order valence-electron chi connectivity index (χ2n) is 6.78. The van der Waals surface area contributed by atoms with Gasteiger partial charge in [0.05, 0.1) is 0 Å². The predicted molar refractivity (Wildman–Crippen MR) is 78.0 cm³/mol. The Morgan fingerprint density at radius 2 is 1.89 bits per heavy atom. The van der Waals surface area contributed by atoms with Crippen molar-refractivity contribution in [1.29, 1.82) is 0 Å². The van der Waals surface area contributed by atoms with Gasteiger partial charge in [-0.05, 0) is 35.8 Å². The third kappa shape index (κ3) is 5.48. The Bertz CT molecular complexity index is 396. The third-order valence-electron chi connectivity index (χ3n) is 2.99. The van der Waals surface area contributed by atoms with Crippen molar-refractivity contribution >= 4 is 5.78 Å². The summed E-state index contributed by atoms with van der Waals surface area (Å²) in [7, 11) is 0. The van der Waals surface area contributed by atoms with Gasteiger partial charge < -0.3 is 0 Å². The Kier molecular flexibility index (Phi) is 5.13. The molecule has 0 aliphatic heterocycles. The smallest absolute Gasteiger partial charge is 0.162 e. The molecule has 0 fully saturated rings. The average molecular weight is 246 g/mol. The van der Waals surface area contributed by atoms with E-state index < -0.39 is 0 Å². The number of carbonyl (C=O) groups is 1. The predicted octanol–water partition coefficient (Wildman–Crippen LogP) is 4.89. The van der Waals surface area contributed by atoms with Crippen LogP contribution in [0.1, 0.15) is 63.4 Å². The molecule has 1 aromatic carbocycles. The normalized spacial score (nSPS) is 11.9. The molecule has 0 saturated carbocycles. The van der Waals surface area contributed by atoms with E-state index in [-0.39, 0.29) is 11.2 Å². The monoisotopic (exact) mass is 246 g/mol. The summed E-state index contributed by atoms with van der Waals surface area (Å²) in [4.78, 5) is 12.1. The topological polar surface area (TPSA) is 17.1 Å². The number of rotatable bonds is 5. The number of ketones is 1. The van der Waals surface area contributed by atoms with Crippen LogP contribution >= 0.6 is 0 Å². The van der Waals surface area contributed by atoms with Gasteiger partial charge in [0.1, 0.15) is 0 Å². The van der Waals surface area contributed by atoms with Crippen molar-refractivity contribution in [2.45, 2.75) is 53.9 Å². The molecule has 18 heavy (non-hydrogen) atoms. The van der Waals surface area contributed by atoms with Gasteiger partial charge in [-0.25, -0.2) is 0 Å². The minimum absolute atomic E-state index is 0.227. The molecule has 0 atom stereocenters. The molecule has 0 radical (unpaired) electrons. The zero-order valence-electron chi connectivity index (χ0n) is 12.4. The molecular weight excluding hydrogens is 220 g/mol. The fourth-order valence-electron chi connectivity index (χ4n) is 1.98. The summed E-state index contributed by atoms with van der Waals surface area (Å²) in [6.45, 7) is 10.9. The molecule has 1 heteroatoms. The van der Waals surface area contributed by atoms with E-state index in [1.165, 1.54) is 5.56 Å². The summed E-state index contributed by atoms with van der Waals surface area (Å²) in [5.41, 5.74) is 2.37. The van der Waals surface area contributed by atoms with Gasteiger partial charge in [0.2, 0.25) is 0 Å². The Balaban J connectivity index is 2.68. The summed E-state index contributed by atoms with van der Waals surface area (Å²) in [6.07, 6.45) is 2.63. The van der Waals surface area contributed by atoms with Crippen molar-refractivity contribution in [1.82, 2.24) is 0 Å². The first kappa shape index (κ1) is 14.9. The van der Waals surface area contributed by atoms with Crippen LogP contribution in [-0.4, -0.2) is 5.78 Å². The number of Topliss-reactive ketones (excluding diaryl/α,β-unsaturated/α-hetero) is 1. The molecule has 100 valence electrons. The van der Waals surface area contributed by atoms with Gasteiger partial charge >= 0.3 is 0 Å². The van der Waals surface area contributed by atoms with Crippen molar-refractivity contribution in [2.75, 3.05) is 0 Å². The highest BCUT2D eigenvalue weighted by Crippen LogP contribution is 2.22. The van der Waals surface area contributed by atoms with Gasteiger partial charge in [0, 0.05) is 12.0 Å². The van der Waals surface area contributed by atoms with Gasteiger partial charge in [-0.3, -0.25) is 4.79 Å². The zero-order chi connectivity index (χ0) is 13.8. The molecule has 0 N–H and O–H groups in total. The van der Waals surface area contributed by atoms with Gasteiger partial charge in [0.25, 0.3) is 0 Å². The zero-order valence-corrected chi connectivity index (χ0v) is 12.4. The Morgan fingerprint density at radius 3 is 2.44 bits per heavy atom. The first-order valence-electron chi connectivity index (χ1n) is 6.90. The fraction of sp³-hybridized carbons (Fsp3) is 0.588. The molecule has 0 aromatic heterocycles. The third-order valence-corrected chi connectivity index (χ3v) is 2.99. The van der Waals surface area contributed by atoms with Crippen LogP contribution in [0.15, 0.2) is 24.3 Å². The molecular formula is C17H26O. The minimum Gasteiger partial charge on any atom is -0.294 e. The summed E-state index contributed by atoms with van der Waals surface area (Å²) in [5, 5.41) is 0. The molecule has 1 aromatic rings. The van der Waals surface area contributed by atoms with Crippen LogP contribution in [0.25, 0.3) is 0 Å². The lowest BCUT2D eigenvalue weighted by molar-refractivity contribution is 0.0966. The molecule has 1 nitrogen and oxygen atoms in total. The molecule has 0 heterocycles. The van der Waals surface area contributed by atoms with Crippen molar-refractivity contribution in [3.05, 3.63) is 35.4 Å². The quantitative estimate of drug-likeness (QED) is 0.676. The summed E-state index contributed by atoms with van der Waals surface area (Å²) >= 11 is 0. The maximum Gasteiger partial charge on any atom is 0.162 e. The molecule has 1 rings (SSSR count). The van der Waals surface area contributed by atoms with E-state index in [0.717, 1.165) is 18.4 Å². The van der Waals surface area contributed by atoms with Crippen LogP contribution in [0.3, 0.4) is 0 Å². The number of hydrogen-bond acceptors (Lipinski definition) is 1. The number of benzene rings is 1. The van der Waals surface area contributed by atoms with Crippen molar-refractivity contribution < 1.29 is 4.79 Å². The molecule has 0 amide bonds. The molecule has 0 spiro atoms. The van der Waals surface area contributed by atoms with Crippen molar-refractivity contribution in [3.63, 3.8) is 0 Å². The molecule has 0 unspecified atom stereocenters. The van der Waals surface area contributed by atoms with Crippen molar-refractivity contribution in [3.8, 4) is 0 Å². The van der Waals surface area contributed by atoms with E-state index in [0.29, 0.717) is 12.3 Å². The highest BCUT2D eigenvalue weighted by molar-refractivity contribution is 5.96. The largest absolute Gasteiger partial charge is 0.294 e. The maximum absolute atomic E-state index is 12.1. The lowest BCUT2D eigenvalue weighted by Crippen LogP contribution is -2.09. The van der Waals surface area contributed by atoms with E-state index in [9.17, 15) is 4.79 Å². The van der Waals surface area contributed by atoms with Crippen LogP contribution in [-0.2, 0) is 6.42 Å². The van der Waals surface area contributed by atoms with E-state index in [4.69, 9.17) is 0 Å². The SMILES string of the molecule is CC(C)Cc1cccc(C(=O)CCC(C)(C)C)c1. The standard InChI is InChI=1S/C17H26O/c1-13(2)11-14-7-6-8-15(12-14)16(18)9-10-17(3,4)5/h6-8,12-13H,9-11H2,1-5H3. The Hall–Kier alpha value is -1.11. The van der Waals surface area contributed by atoms with Gasteiger partial charge in [-0.15, -0.1) is 0 Å². The highest BCUT2D eigenvalue weighted by Gasteiger charge is 2.14. The Morgan fingerprint density at radius 1 is 1.22 bits per heavy atom. The first-order chi connectivity index (χ1) is 8.28. The molecule has 0 bridgehead atoms. The lowest BCUT2D eigenvalue weighted by Gasteiger charge is -2.17. The highest BCUT2D eigenvalue weighted by atomic mass is 16.1. The van der Waals surface area contributed by atoms with Gasteiger partial charge in [-0.2, -0.15) is 0 Å². The maximum atomic E-state index is 12.1. The fourth-order valence-corrected chi connectivity index (χ4v) is 1.98. The summed E-state index contributed by atoms with van der Waals surface area (Å²) < 4.78 is 0. The average Bonchev–Trinajstić information content (AvgIpc) is 2.24. The van der Waals surface area contributed by atoms with Crippen LogP contribution in [0.5, 0.6) is 0 Å². The van der Waals surface area contributed by atoms with Gasteiger partial charge in [-0.1, -0.05) is 52.8 Å². The van der Waals surface area contributed by atoms with Crippen LogP contribution in [0, 0.1) is 11.3 Å².